The second-order valence-corrected chi connectivity index (χ2v) is 13.1. The lowest BCUT2D eigenvalue weighted by atomic mass is 9.78. The summed E-state index contributed by atoms with van der Waals surface area (Å²) >= 11 is 4.90. The minimum atomic E-state index is -0.945. The molecule has 5 heterocycles. The molecular formula is C28H35BrN6O4S. The van der Waals surface area contributed by atoms with E-state index in [1.807, 2.05) is 30.0 Å². The third-order valence-corrected chi connectivity index (χ3v) is 10.4. The SMILES string of the molecule is CCNC(=O)Nc1sc2cc(Br)ccc2c1C(=O)N1CCC(N2CCCC3(C2)C(=O)N2CCCCN2C3=O)CC1. The highest BCUT2D eigenvalue weighted by atomic mass is 79.9. The van der Waals surface area contributed by atoms with Gasteiger partial charge in [0.15, 0.2) is 0 Å². The van der Waals surface area contributed by atoms with Crippen molar-refractivity contribution < 1.29 is 19.2 Å². The quantitative estimate of drug-likeness (QED) is 0.499. The van der Waals surface area contributed by atoms with Crippen molar-refractivity contribution in [3.8, 4) is 0 Å². The molecule has 1 aromatic heterocycles. The number of rotatable bonds is 4. The summed E-state index contributed by atoms with van der Waals surface area (Å²) in [4.78, 5) is 57.3. The molecule has 4 aliphatic rings. The molecule has 0 bridgehead atoms. The van der Waals surface area contributed by atoms with Gasteiger partial charge in [0.2, 0.25) is 0 Å². The predicted octanol–water partition coefficient (Wildman–Crippen LogP) is 3.87. The van der Waals surface area contributed by atoms with Crippen molar-refractivity contribution in [3.05, 3.63) is 28.2 Å². The van der Waals surface area contributed by atoms with E-state index >= 15 is 0 Å². The molecule has 1 spiro atoms. The van der Waals surface area contributed by atoms with E-state index in [1.54, 1.807) is 10.0 Å². The number of hydrogen-bond acceptors (Lipinski definition) is 6. The van der Waals surface area contributed by atoms with Gasteiger partial charge in [0.05, 0.1) is 5.56 Å². The number of likely N-dealkylation sites (tertiary alicyclic amines) is 2. The molecule has 4 saturated heterocycles. The molecule has 0 radical (unpaired) electrons. The van der Waals surface area contributed by atoms with Gasteiger partial charge in [0.1, 0.15) is 10.4 Å². The Labute approximate surface area is 246 Å². The van der Waals surface area contributed by atoms with E-state index < -0.39 is 5.41 Å². The zero-order chi connectivity index (χ0) is 28.0. The van der Waals surface area contributed by atoms with Gasteiger partial charge in [0, 0.05) is 59.9 Å². The Morgan fingerprint density at radius 1 is 1.02 bits per heavy atom. The number of halogens is 1. The molecule has 0 unspecified atom stereocenters. The number of hydrazine groups is 1. The molecular weight excluding hydrogens is 596 g/mol. The molecule has 4 fully saturated rings. The summed E-state index contributed by atoms with van der Waals surface area (Å²) in [5, 5.41) is 10.4. The Morgan fingerprint density at radius 2 is 1.73 bits per heavy atom. The topological polar surface area (TPSA) is 105 Å². The monoisotopic (exact) mass is 630 g/mol. The van der Waals surface area contributed by atoms with E-state index in [1.165, 1.54) is 11.3 Å². The van der Waals surface area contributed by atoms with Crippen molar-refractivity contribution in [1.82, 2.24) is 25.1 Å². The van der Waals surface area contributed by atoms with Gasteiger partial charge >= 0.3 is 6.03 Å². The van der Waals surface area contributed by atoms with Crippen LogP contribution in [0.1, 0.15) is 55.8 Å². The Kier molecular flexibility index (Phi) is 7.51. The predicted molar refractivity (Wildman–Crippen MR) is 157 cm³/mol. The highest BCUT2D eigenvalue weighted by Gasteiger charge is 2.60. The number of nitrogens with one attached hydrogen (secondary N) is 2. The van der Waals surface area contributed by atoms with E-state index in [2.05, 4.69) is 31.5 Å². The van der Waals surface area contributed by atoms with Gasteiger partial charge in [-0.05, 0) is 64.1 Å². The summed E-state index contributed by atoms with van der Waals surface area (Å²) < 4.78 is 1.84. The molecule has 0 aliphatic carbocycles. The van der Waals surface area contributed by atoms with Crippen molar-refractivity contribution in [3.63, 3.8) is 0 Å². The van der Waals surface area contributed by atoms with E-state index in [0.717, 1.165) is 53.2 Å². The maximum Gasteiger partial charge on any atom is 0.319 e. The molecule has 12 heteroatoms. The third-order valence-electron chi connectivity index (χ3n) is 8.79. The summed E-state index contributed by atoms with van der Waals surface area (Å²) in [6.07, 6.45) is 4.89. The molecule has 214 valence electrons. The number of hydrogen-bond donors (Lipinski definition) is 2. The van der Waals surface area contributed by atoms with Gasteiger partial charge in [-0.2, -0.15) is 0 Å². The molecule has 0 atom stereocenters. The first-order valence-electron chi connectivity index (χ1n) is 14.3. The molecule has 40 heavy (non-hydrogen) atoms. The van der Waals surface area contributed by atoms with Crippen molar-refractivity contribution in [2.24, 2.45) is 5.41 Å². The lowest BCUT2D eigenvalue weighted by Gasteiger charge is -2.44. The lowest BCUT2D eigenvalue weighted by molar-refractivity contribution is -0.150. The van der Waals surface area contributed by atoms with Gasteiger partial charge < -0.3 is 10.2 Å². The fourth-order valence-electron chi connectivity index (χ4n) is 6.79. The Hall–Kier alpha value is -2.70. The van der Waals surface area contributed by atoms with Crippen molar-refractivity contribution >= 4 is 66.1 Å². The highest BCUT2D eigenvalue weighted by Crippen LogP contribution is 2.43. The van der Waals surface area contributed by atoms with E-state index in [9.17, 15) is 19.2 Å². The smallest absolute Gasteiger partial charge is 0.319 e. The maximum absolute atomic E-state index is 13.9. The van der Waals surface area contributed by atoms with Crippen molar-refractivity contribution in [1.29, 1.82) is 0 Å². The second kappa shape index (κ2) is 10.9. The fraction of sp³-hybridized carbons (Fsp3) is 0.571. The lowest BCUT2D eigenvalue weighted by Crippen LogP contribution is -2.56. The third kappa shape index (κ3) is 4.67. The minimum absolute atomic E-state index is 0.0161. The van der Waals surface area contributed by atoms with E-state index in [0.29, 0.717) is 56.3 Å². The summed E-state index contributed by atoms with van der Waals surface area (Å²) in [5.74, 6) is -0.116. The van der Waals surface area contributed by atoms with Crippen molar-refractivity contribution in [2.75, 3.05) is 51.1 Å². The van der Waals surface area contributed by atoms with Crippen LogP contribution in [-0.4, -0.2) is 95.4 Å². The number of amides is 5. The van der Waals surface area contributed by atoms with Gasteiger partial charge in [0.25, 0.3) is 17.7 Å². The van der Waals surface area contributed by atoms with Crippen LogP contribution < -0.4 is 10.6 Å². The normalized spacial score (nSPS) is 21.8. The molecule has 1 aromatic carbocycles. The average Bonchev–Trinajstić information content (AvgIpc) is 3.41. The van der Waals surface area contributed by atoms with Crippen molar-refractivity contribution in [2.45, 2.75) is 51.5 Å². The summed E-state index contributed by atoms with van der Waals surface area (Å²) in [7, 11) is 0. The zero-order valence-corrected chi connectivity index (χ0v) is 25.1. The molecule has 0 saturated carbocycles. The van der Waals surface area contributed by atoms with Crippen LogP contribution in [0.5, 0.6) is 0 Å². The number of piperidine rings is 2. The fourth-order valence-corrected chi connectivity index (χ4v) is 8.43. The number of urea groups is 1. The number of carbonyl (C=O) groups is 4. The summed E-state index contributed by atoms with van der Waals surface area (Å²) in [6, 6.07) is 5.69. The Bertz CT molecular complexity index is 1330. The number of nitrogens with zero attached hydrogens (tertiary/aromatic N) is 4. The number of benzene rings is 1. The number of thiophene rings is 1. The Balaban J connectivity index is 1.16. The van der Waals surface area contributed by atoms with Gasteiger partial charge in [-0.25, -0.2) is 4.79 Å². The first-order valence-corrected chi connectivity index (χ1v) is 15.9. The van der Waals surface area contributed by atoms with E-state index in [4.69, 9.17) is 0 Å². The van der Waals surface area contributed by atoms with Gasteiger partial charge in [-0.1, -0.05) is 22.0 Å². The largest absolute Gasteiger partial charge is 0.338 e. The zero-order valence-electron chi connectivity index (χ0n) is 22.7. The molecule has 10 nitrogen and oxygen atoms in total. The van der Waals surface area contributed by atoms with Crippen LogP contribution in [-0.2, 0) is 9.59 Å². The minimum Gasteiger partial charge on any atom is -0.338 e. The van der Waals surface area contributed by atoms with E-state index in [-0.39, 0.29) is 29.8 Å². The summed E-state index contributed by atoms with van der Waals surface area (Å²) in [6.45, 7) is 6.12. The summed E-state index contributed by atoms with van der Waals surface area (Å²) in [5.41, 5.74) is -0.416. The first kappa shape index (κ1) is 27.5. The highest BCUT2D eigenvalue weighted by molar-refractivity contribution is 9.10. The number of carbonyl (C=O) groups excluding carboxylic acids is 4. The van der Waals surface area contributed by atoms with Gasteiger partial charge in [-0.3, -0.25) is 34.6 Å². The van der Waals surface area contributed by atoms with Crippen LogP contribution in [0.4, 0.5) is 9.80 Å². The maximum atomic E-state index is 13.9. The van der Waals surface area contributed by atoms with Crippen LogP contribution >= 0.6 is 27.3 Å². The number of anilines is 1. The van der Waals surface area contributed by atoms with Crippen LogP contribution in [0.25, 0.3) is 10.1 Å². The van der Waals surface area contributed by atoms with Crippen LogP contribution in [0, 0.1) is 5.41 Å². The molecule has 2 aromatic rings. The Morgan fingerprint density at radius 3 is 2.40 bits per heavy atom. The standard InChI is InChI=1S/C28H35BrN6O4S/c1-2-30-27(39)31-23-22(20-7-6-18(29)16-21(20)40-23)24(36)32-14-8-19(9-15-32)33-11-5-10-28(17-33)25(37)34-12-3-4-13-35(34)26(28)38/h6-7,16,19H,2-5,8-15,17H2,1H3,(H2,30,31,39). The van der Waals surface area contributed by atoms with Crippen LogP contribution in [0.2, 0.25) is 0 Å². The molecule has 5 amide bonds. The average molecular weight is 632 g/mol. The van der Waals surface area contributed by atoms with Gasteiger partial charge in [-0.15, -0.1) is 11.3 Å². The number of fused-ring (bicyclic) bond motifs is 2. The molecule has 2 N–H and O–H groups in total. The van der Waals surface area contributed by atoms with Crippen LogP contribution in [0.3, 0.4) is 0 Å². The molecule has 4 aliphatic heterocycles. The second-order valence-electron chi connectivity index (χ2n) is 11.2. The molecule has 6 rings (SSSR count). The van der Waals surface area contributed by atoms with Crippen LogP contribution in [0.15, 0.2) is 22.7 Å². The first-order chi connectivity index (χ1) is 19.3.